The molecule has 1 saturated heterocycles. The van der Waals surface area contributed by atoms with E-state index in [1.165, 1.54) is 7.11 Å². The maximum atomic E-state index is 12.6. The van der Waals surface area contributed by atoms with Crippen molar-refractivity contribution >= 4 is 23.4 Å². The molecule has 0 aliphatic carbocycles. The van der Waals surface area contributed by atoms with Crippen molar-refractivity contribution in [2.24, 2.45) is 0 Å². The predicted molar refractivity (Wildman–Crippen MR) is 102 cm³/mol. The van der Waals surface area contributed by atoms with Crippen molar-refractivity contribution in [3.63, 3.8) is 0 Å². The van der Waals surface area contributed by atoms with E-state index in [-0.39, 0.29) is 12.3 Å². The van der Waals surface area contributed by atoms with Crippen LogP contribution in [0.3, 0.4) is 0 Å². The van der Waals surface area contributed by atoms with E-state index in [2.05, 4.69) is 10.9 Å². The summed E-state index contributed by atoms with van der Waals surface area (Å²) in [5.74, 6) is 0.107. The van der Waals surface area contributed by atoms with Gasteiger partial charge in [0.25, 0.3) is 11.8 Å². The molecule has 1 heterocycles. The quantitative estimate of drug-likeness (QED) is 0.558. The molecule has 0 unspecified atom stereocenters. The number of benzene rings is 2. The predicted octanol–water partition coefficient (Wildman–Crippen LogP) is 1.66. The summed E-state index contributed by atoms with van der Waals surface area (Å²) >= 11 is 0. The molecule has 28 heavy (non-hydrogen) atoms. The van der Waals surface area contributed by atoms with Crippen LogP contribution >= 0.6 is 0 Å². The number of ether oxygens (including phenoxy) is 2. The Morgan fingerprint density at radius 3 is 2.32 bits per heavy atom. The van der Waals surface area contributed by atoms with Gasteiger partial charge in [-0.15, -0.1) is 0 Å². The Labute approximate surface area is 162 Å². The van der Waals surface area contributed by atoms with E-state index in [9.17, 15) is 14.4 Å². The van der Waals surface area contributed by atoms with E-state index in [1.807, 2.05) is 6.92 Å². The highest BCUT2D eigenvalue weighted by Crippen LogP contribution is 2.25. The van der Waals surface area contributed by atoms with Gasteiger partial charge in [0.05, 0.1) is 25.8 Å². The zero-order valence-corrected chi connectivity index (χ0v) is 15.6. The molecule has 0 radical (unpaired) electrons. The van der Waals surface area contributed by atoms with Crippen LogP contribution in [0.2, 0.25) is 0 Å². The van der Waals surface area contributed by atoms with Crippen LogP contribution in [-0.2, 0) is 9.59 Å². The van der Waals surface area contributed by atoms with Gasteiger partial charge in [-0.1, -0.05) is 0 Å². The zero-order valence-electron chi connectivity index (χ0n) is 15.6. The van der Waals surface area contributed by atoms with Crippen molar-refractivity contribution in [1.29, 1.82) is 0 Å². The molecule has 2 aromatic rings. The average Bonchev–Trinajstić information content (AvgIpc) is 3.00. The van der Waals surface area contributed by atoms with Crippen molar-refractivity contribution in [3.8, 4) is 11.5 Å². The van der Waals surface area contributed by atoms with Gasteiger partial charge in [0.1, 0.15) is 17.5 Å². The molecule has 1 aliphatic heterocycles. The van der Waals surface area contributed by atoms with E-state index in [0.717, 1.165) is 4.90 Å². The van der Waals surface area contributed by atoms with Crippen molar-refractivity contribution < 1.29 is 23.9 Å². The number of carbonyl (C=O) groups excluding carboxylic acids is 3. The molecule has 0 bridgehead atoms. The highest BCUT2D eigenvalue weighted by atomic mass is 16.5. The molecule has 0 saturated carbocycles. The average molecular weight is 383 g/mol. The first kappa shape index (κ1) is 19.4. The SMILES string of the molecule is CCOc1ccc(N2C(=O)C[C@@H](NNC(=O)c3ccc(OC)cc3)C2=O)cc1. The molecule has 2 N–H and O–H groups in total. The second-order valence-electron chi connectivity index (χ2n) is 6.08. The Bertz CT molecular complexity index is 864. The van der Waals surface area contributed by atoms with Gasteiger partial charge in [-0.2, -0.15) is 0 Å². The highest BCUT2D eigenvalue weighted by Gasteiger charge is 2.39. The smallest absolute Gasteiger partial charge is 0.265 e. The zero-order chi connectivity index (χ0) is 20.1. The minimum Gasteiger partial charge on any atom is -0.497 e. The Morgan fingerprint density at radius 1 is 1.07 bits per heavy atom. The molecule has 0 aromatic heterocycles. The highest BCUT2D eigenvalue weighted by molar-refractivity contribution is 6.22. The first-order valence-corrected chi connectivity index (χ1v) is 8.83. The van der Waals surface area contributed by atoms with Gasteiger partial charge in [-0.3, -0.25) is 19.8 Å². The Morgan fingerprint density at radius 2 is 1.71 bits per heavy atom. The number of nitrogens with one attached hydrogen (secondary N) is 2. The number of hydrogen-bond acceptors (Lipinski definition) is 6. The molecule has 3 rings (SSSR count). The van der Waals surface area contributed by atoms with Gasteiger partial charge in [-0.05, 0) is 55.5 Å². The molecule has 0 spiro atoms. The van der Waals surface area contributed by atoms with Crippen LogP contribution in [0.25, 0.3) is 0 Å². The van der Waals surface area contributed by atoms with Crippen LogP contribution in [0.5, 0.6) is 11.5 Å². The van der Waals surface area contributed by atoms with Crippen LogP contribution in [0.4, 0.5) is 5.69 Å². The number of rotatable bonds is 7. The maximum absolute atomic E-state index is 12.6. The van der Waals surface area contributed by atoms with Crippen LogP contribution in [0, 0.1) is 0 Å². The standard InChI is InChI=1S/C20H21N3O5/c1-3-28-16-10-6-14(7-11-16)23-18(24)12-17(20(23)26)21-22-19(25)13-4-8-15(27-2)9-5-13/h4-11,17,21H,3,12H2,1-2H3,(H,22,25)/t17-/m1/s1. The van der Waals surface area contributed by atoms with Gasteiger partial charge in [0.15, 0.2) is 0 Å². The van der Waals surface area contributed by atoms with E-state index >= 15 is 0 Å². The summed E-state index contributed by atoms with van der Waals surface area (Å²) in [5, 5.41) is 0. The molecule has 1 atom stereocenters. The van der Waals surface area contributed by atoms with Crippen LogP contribution < -0.4 is 25.2 Å². The summed E-state index contributed by atoms with van der Waals surface area (Å²) in [5.41, 5.74) is 5.99. The maximum Gasteiger partial charge on any atom is 0.265 e. The fourth-order valence-electron chi connectivity index (χ4n) is 2.84. The lowest BCUT2D eigenvalue weighted by Gasteiger charge is -2.16. The van der Waals surface area contributed by atoms with E-state index in [0.29, 0.717) is 29.4 Å². The van der Waals surface area contributed by atoms with Crippen molar-refractivity contribution in [3.05, 3.63) is 54.1 Å². The molecule has 8 nitrogen and oxygen atoms in total. The monoisotopic (exact) mass is 383 g/mol. The first-order valence-electron chi connectivity index (χ1n) is 8.83. The summed E-state index contributed by atoms with van der Waals surface area (Å²) in [7, 11) is 1.54. The second-order valence-corrected chi connectivity index (χ2v) is 6.08. The lowest BCUT2D eigenvalue weighted by molar-refractivity contribution is -0.121. The number of anilines is 1. The summed E-state index contributed by atoms with van der Waals surface area (Å²) < 4.78 is 10.4. The largest absolute Gasteiger partial charge is 0.497 e. The van der Waals surface area contributed by atoms with Gasteiger partial charge in [0, 0.05) is 5.56 Å². The van der Waals surface area contributed by atoms with Crippen molar-refractivity contribution in [2.45, 2.75) is 19.4 Å². The Balaban J connectivity index is 1.62. The summed E-state index contributed by atoms with van der Waals surface area (Å²) in [6, 6.07) is 12.4. The number of hydrazine groups is 1. The molecule has 1 aliphatic rings. The summed E-state index contributed by atoms with van der Waals surface area (Å²) in [4.78, 5) is 38.2. The minimum absolute atomic E-state index is 0.0467. The van der Waals surface area contributed by atoms with Crippen molar-refractivity contribution in [1.82, 2.24) is 10.9 Å². The third-order valence-corrected chi connectivity index (χ3v) is 4.26. The molecule has 1 fully saturated rings. The summed E-state index contributed by atoms with van der Waals surface area (Å²) in [6.07, 6.45) is -0.0467. The lowest BCUT2D eigenvalue weighted by atomic mass is 10.2. The van der Waals surface area contributed by atoms with E-state index in [4.69, 9.17) is 9.47 Å². The number of methoxy groups -OCH3 is 1. The number of amides is 3. The molecule has 3 amide bonds. The minimum atomic E-state index is -0.832. The number of nitrogens with zero attached hydrogens (tertiary/aromatic N) is 1. The van der Waals surface area contributed by atoms with E-state index in [1.54, 1.807) is 48.5 Å². The molecule has 8 heteroatoms. The molecule has 2 aromatic carbocycles. The van der Waals surface area contributed by atoms with Gasteiger partial charge >= 0.3 is 0 Å². The first-order chi connectivity index (χ1) is 13.5. The normalized spacial score (nSPS) is 16.2. The molecular formula is C20H21N3O5. The van der Waals surface area contributed by atoms with E-state index < -0.39 is 17.9 Å². The Kier molecular flexibility index (Phi) is 5.90. The number of imide groups is 1. The fraction of sp³-hybridized carbons (Fsp3) is 0.250. The van der Waals surface area contributed by atoms with Gasteiger partial charge < -0.3 is 9.47 Å². The van der Waals surface area contributed by atoms with Crippen LogP contribution in [0.15, 0.2) is 48.5 Å². The van der Waals surface area contributed by atoms with Crippen LogP contribution in [-0.4, -0.2) is 37.5 Å². The van der Waals surface area contributed by atoms with Crippen LogP contribution in [0.1, 0.15) is 23.7 Å². The number of hydrogen-bond donors (Lipinski definition) is 2. The third kappa shape index (κ3) is 4.12. The third-order valence-electron chi connectivity index (χ3n) is 4.26. The van der Waals surface area contributed by atoms with Gasteiger partial charge in [0.2, 0.25) is 5.91 Å². The second kappa shape index (κ2) is 8.53. The Hall–Kier alpha value is -3.39. The van der Waals surface area contributed by atoms with Gasteiger partial charge in [-0.25, -0.2) is 10.3 Å². The summed E-state index contributed by atoms with van der Waals surface area (Å²) in [6.45, 7) is 2.40. The number of carbonyl (C=O) groups is 3. The molecular weight excluding hydrogens is 362 g/mol. The van der Waals surface area contributed by atoms with Crippen molar-refractivity contribution in [2.75, 3.05) is 18.6 Å². The fourth-order valence-corrected chi connectivity index (χ4v) is 2.84. The molecule has 146 valence electrons. The topological polar surface area (TPSA) is 97.0 Å². The lowest BCUT2D eigenvalue weighted by Crippen LogP contribution is -2.48.